The number of nitrogens with one attached hydrogen (secondary N) is 1. The number of hydrogen-bond donors (Lipinski definition) is 1. The molecule has 0 unspecified atom stereocenters. The van der Waals surface area contributed by atoms with Gasteiger partial charge in [-0.05, 0) is 30.3 Å². The lowest BCUT2D eigenvalue weighted by Gasteiger charge is -2.12. The van der Waals surface area contributed by atoms with E-state index in [-0.39, 0.29) is 17.1 Å². The molecule has 9 heteroatoms. The number of Topliss-reactive ketones (excluding diaryl/α,β-unsaturated/α-hetero) is 1. The predicted molar refractivity (Wildman–Crippen MR) is 136 cm³/mol. The van der Waals surface area contributed by atoms with Gasteiger partial charge in [0.2, 0.25) is 5.78 Å². The molecule has 0 spiro atoms. The quantitative estimate of drug-likeness (QED) is 0.278. The fourth-order valence-corrected chi connectivity index (χ4v) is 5.09. The third-order valence-corrected chi connectivity index (χ3v) is 6.86. The summed E-state index contributed by atoms with van der Waals surface area (Å²) in [5, 5.41) is 10.6. The molecule has 0 amide bonds. The lowest BCUT2D eigenvalue weighted by atomic mass is 10.1. The molecule has 0 fully saturated rings. The first kappa shape index (κ1) is 21.2. The van der Waals surface area contributed by atoms with Crippen LogP contribution in [0, 0.1) is 0 Å². The second kappa shape index (κ2) is 8.44. The summed E-state index contributed by atoms with van der Waals surface area (Å²) in [5.74, 6) is 1.15. The fraction of sp³-hybridized carbons (Fsp3) is 0.0769. The van der Waals surface area contributed by atoms with E-state index in [1.807, 2.05) is 65.1 Å². The highest BCUT2D eigenvalue weighted by molar-refractivity contribution is 7.99. The molecule has 3 heterocycles. The van der Waals surface area contributed by atoms with Gasteiger partial charge in [0.1, 0.15) is 5.75 Å². The number of rotatable bonds is 6. The van der Waals surface area contributed by atoms with Crippen LogP contribution in [0.4, 0.5) is 0 Å². The first-order chi connectivity index (χ1) is 17.2. The summed E-state index contributed by atoms with van der Waals surface area (Å²) in [4.78, 5) is 29.7. The third-order valence-electron chi connectivity index (χ3n) is 5.93. The Morgan fingerprint density at radius 2 is 1.80 bits per heavy atom. The summed E-state index contributed by atoms with van der Waals surface area (Å²) in [5.41, 5.74) is 2.64. The highest BCUT2D eigenvalue weighted by Crippen LogP contribution is 2.26. The second-order valence-corrected chi connectivity index (χ2v) is 8.88. The molecule has 0 saturated heterocycles. The van der Waals surface area contributed by atoms with Crippen molar-refractivity contribution in [3.05, 3.63) is 94.9 Å². The summed E-state index contributed by atoms with van der Waals surface area (Å²) in [6, 6.07) is 22.3. The van der Waals surface area contributed by atoms with Crippen molar-refractivity contribution in [1.29, 1.82) is 0 Å². The maximum absolute atomic E-state index is 13.5. The number of nitrogens with zero attached hydrogens (tertiary/aromatic N) is 4. The molecular weight excluding hydrogens is 462 g/mol. The van der Waals surface area contributed by atoms with Crippen molar-refractivity contribution in [3.63, 3.8) is 0 Å². The Bertz CT molecular complexity index is 1800. The molecule has 0 aliphatic carbocycles. The van der Waals surface area contributed by atoms with Crippen LogP contribution in [0.2, 0.25) is 0 Å². The summed E-state index contributed by atoms with van der Waals surface area (Å²) >= 11 is 1.29. The molecule has 0 aliphatic rings. The molecular formula is C26H19N5O3S. The Balaban J connectivity index is 1.46. The molecule has 0 radical (unpaired) electrons. The number of carbonyl (C=O) groups is 1. The molecule has 0 aliphatic heterocycles. The van der Waals surface area contributed by atoms with Crippen molar-refractivity contribution in [2.45, 2.75) is 5.16 Å². The third kappa shape index (κ3) is 3.48. The molecule has 1 N–H and O–H groups in total. The number of ether oxygens (including phenoxy) is 1. The number of methoxy groups -OCH3 is 1. The molecule has 3 aromatic heterocycles. The van der Waals surface area contributed by atoms with E-state index in [9.17, 15) is 9.59 Å². The largest absolute Gasteiger partial charge is 0.497 e. The number of carbonyl (C=O) groups excluding carboxylic acids is 1. The van der Waals surface area contributed by atoms with Gasteiger partial charge in [0, 0.05) is 28.7 Å². The molecule has 3 aromatic carbocycles. The minimum absolute atomic E-state index is 0.0189. The van der Waals surface area contributed by atoms with E-state index in [1.54, 1.807) is 25.4 Å². The minimum atomic E-state index is -0.208. The Morgan fingerprint density at radius 1 is 1.00 bits per heavy atom. The van der Waals surface area contributed by atoms with E-state index in [0.29, 0.717) is 38.8 Å². The van der Waals surface area contributed by atoms with Crippen molar-refractivity contribution < 1.29 is 9.53 Å². The van der Waals surface area contributed by atoms with Gasteiger partial charge < -0.3 is 9.72 Å². The van der Waals surface area contributed by atoms with Crippen molar-refractivity contribution >= 4 is 45.1 Å². The smallest absolute Gasteiger partial charge is 0.267 e. The zero-order valence-corrected chi connectivity index (χ0v) is 19.5. The number of aromatic amines is 1. The van der Waals surface area contributed by atoms with Crippen molar-refractivity contribution in [1.82, 2.24) is 24.1 Å². The second-order valence-electron chi connectivity index (χ2n) is 7.94. The van der Waals surface area contributed by atoms with Gasteiger partial charge in [-0.1, -0.05) is 48.2 Å². The van der Waals surface area contributed by atoms with Gasteiger partial charge in [0.15, 0.2) is 10.9 Å². The summed E-state index contributed by atoms with van der Waals surface area (Å²) in [6.07, 6.45) is 1.74. The van der Waals surface area contributed by atoms with Gasteiger partial charge in [0.25, 0.3) is 5.56 Å². The standard InChI is InChI=1S/C26H19N5O3S/c1-34-17-8-6-7-16(13-17)30-24(33)19-10-3-5-12-22(19)31-25(30)28-29-26(31)35-15-23(32)20-14-27-21-11-4-2-9-18(20)21/h2-14,27H,15H2,1H3. The van der Waals surface area contributed by atoms with E-state index in [2.05, 4.69) is 15.2 Å². The molecule has 172 valence electrons. The van der Waals surface area contributed by atoms with E-state index in [4.69, 9.17) is 4.74 Å². The van der Waals surface area contributed by atoms with Gasteiger partial charge in [-0.3, -0.25) is 14.0 Å². The Labute approximate surface area is 203 Å². The number of ketones is 1. The van der Waals surface area contributed by atoms with E-state index in [1.165, 1.54) is 16.3 Å². The number of aromatic nitrogens is 5. The van der Waals surface area contributed by atoms with Crippen LogP contribution in [0.25, 0.3) is 33.3 Å². The van der Waals surface area contributed by atoms with Gasteiger partial charge >= 0.3 is 0 Å². The van der Waals surface area contributed by atoms with E-state index < -0.39 is 0 Å². The maximum atomic E-state index is 13.5. The van der Waals surface area contributed by atoms with Gasteiger partial charge in [-0.15, -0.1) is 10.2 Å². The number of hydrogen-bond acceptors (Lipinski definition) is 6. The lowest BCUT2D eigenvalue weighted by molar-refractivity contribution is 0.102. The van der Waals surface area contributed by atoms with Crippen LogP contribution < -0.4 is 10.3 Å². The Morgan fingerprint density at radius 3 is 2.66 bits per heavy atom. The van der Waals surface area contributed by atoms with Crippen molar-refractivity contribution in [3.8, 4) is 11.4 Å². The van der Waals surface area contributed by atoms with Crippen LogP contribution in [-0.4, -0.2) is 42.8 Å². The zero-order valence-electron chi connectivity index (χ0n) is 18.6. The van der Waals surface area contributed by atoms with Crippen molar-refractivity contribution in [2.24, 2.45) is 0 Å². The van der Waals surface area contributed by atoms with Crippen LogP contribution in [0.15, 0.2) is 88.9 Å². The maximum Gasteiger partial charge on any atom is 0.267 e. The SMILES string of the molecule is COc1cccc(-n2c(=O)c3ccccc3n3c(SCC(=O)c4c[nH]c5ccccc45)nnc23)c1. The average Bonchev–Trinajstić information content (AvgIpc) is 3.52. The first-order valence-corrected chi connectivity index (χ1v) is 11.9. The van der Waals surface area contributed by atoms with Crippen LogP contribution >= 0.6 is 11.8 Å². The molecule has 0 bridgehead atoms. The molecule has 8 nitrogen and oxygen atoms in total. The molecule has 0 saturated carbocycles. The van der Waals surface area contributed by atoms with Gasteiger partial charge in [-0.2, -0.15) is 0 Å². The minimum Gasteiger partial charge on any atom is -0.497 e. The molecule has 6 aromatic rings. The normalized spacial score (nSPS) is 11.5. The van der Waals surface area contributed by atoms with Crippen LogP contribution in [0.5, 0.6) is 5.75 Å². The van der Waals surface area contributed by atoms with Crippen LogP contribution in [0.1, 0.15) is 10.4 Å². The first-order valence-electron chi connectivity index (χ1n) is 10.9. The highest BCUT2D eigenvalue weighted by atomic mass is 32.2. The van der Waals surface area contributed by atoms with Gasteiger partial charge in [-0.25, -0.2) is 4.57 Å². The number of fused-ring (bicyclic) bond motifs is 4. The number of H-pyrrole nitrogens is 1. The molecule has 35 heavy (non-hydrogen) atoms. The van der Waals surface area contributed by atoms with Gasteiger partial charge in [0.05, 0.1) is 29.5 Å². The summed E-state index contributed by atoms with van der Waals surface area (Å²) in [6.45, 7) is 0. The average molecular weight is 482 g/mol. The van der Waals surface area contributed by atoms with Crippen LogP contribution in [-0.2, 0) is 0 Å². The van der Waals surface area contributed by atoms with Crippen LogP contribution in [0.3, 0.4) is 0 Å². The molecule has 6 rings (SSSR count). The zero-order chi connectivity index (χ0) is 23.9. The fourth-order valence-electron chi connectivity index (χ4n) is 4.26. The predicted octanol–water partition coefficient (Wildman–Crippen LogP) is 4.50. The number of thioether (sulfide) groups is 1. The Kier molecular flexibility index (Phi) is 5.11. The highest BCUT2D eigenvalue weighted by Gasteiger charge is 2.20. The number of para-hydroxylation sites is 2. The van der Waals surface area contributed by atoms with Crippen molar-refractivity contribution in [2.75, 3.05) is 12.9 Å². The lowest BCUT2D eigenvalue weighted by Crippen LogP contribution is -2.21. The van der Waals surface area contributed by atoms with E-state index in [0.717, 1.165) is 10.9 Å². The summed E-state index contributed by atoms with van der Waals surface area (Å²) in [7, 11) is 1.58. The Hall–Kier alpha value is -4.37. The summed E-state index contributed by atoms with van der Waals surface area (Å²) < 4.78 is 8.69. The molecule has 0 atom stereocenters. The number of benzene rings is 3. The topological polar surface area (TPSA) is 94.3 Å². The monoisotopic (exact) mass is 481 g/mol. The van der Waals surface area contributed by atoms with E-state index >= 15 is 0 Å².